The number of hydrogen-bond acceptors (Lipinski definition) is 2. The molecule has 0 saturated heterocycles. The van der Waals surface area contributed by atoms with Gasteiger partial charge in [-0.25, -0.2) is 0 Å². The Morgan fingerprint density at radius 3 is 1.96 bits per heavy atom. The van der Waals surface area contributed by atoms with Gasteiger partial charge in [-0.2, -0.15) is 0 Å². The van der Waals surface area contributed by atoms with Crippen molar-refractivity contribution in [3.8, 4) is 0 Å². The largest absolute Gasteiger partial charge is 0.355 e. The lowest BCUT2D eigenvalue weighted by molar-refractivity contribution is 0.299. The van der Waals surface area contributed by atoms with Gasteiger partial charge in [-0.1, -0.05) is 131 Å². The fourth-order valence-corrected chi connectivity index (χ4v) is 8.71. The molecule has 0 aromatic heterocycles. The highest BCUT2D eigenvalue weighted by molar-refractivity contribution is 5.93. The maximum Gasteiger partial charge on any atom is 0.0738 e. The van der Waals surface area contributed by atoms with Crippen LogP contribution in [0.25, 0.3) is 5.70 Å². The van der Waals surface area contributed by atoms with Crippen molar-refractivity contribution in [3.63, 3.8) is 0 Å². The molecule has 3 aliphatic rings. The van der Waals surface area contributed by atoms with Crippen LogP contribution in [0.5, 0.6) is 0 Å². The molecule has 2 heteroatoms. The average Bonchev–Trinajstić information content (AvgIpc) is 3.12. The summed E-state index contributed by atoms with van der Waals surface area (Å²) in [4.78, 5) is 5.39. The van der Waals surface area contributed by atoms with E-state index in [4.69, 9.17) is 0 Å². The van der Waals surface area contributed by atoms with Crippen LogP contribution < -0.4 is 9.80 Å². The van der Waals surface area contributed by atoms with E-state index in [1.165, 1.54) is 51.4 Å². The third-order valence-electron chi connectivity index (χ3n) is 11.6. The van der Waals surface area contributed by atoms with Crippen LogP contribution in [-0.2, 0) is 5.54 Å². The van der Waals surface area contributed by atoms with Gasteiger partial charge in [0.05, 0.1) is 11.2 Å². The van der Waals surface area contributed by atoms with E-state index in [-0.39, 0.29) is 11.5 Å². The van der Waals surface area contributed by atoms with Gasteiger partial charge in [0, 0.05) is 34.6 Å². The monoisotopic (exact) mass is 646 g/mol. The Balaban J connectivity index is 1.57. The quantitative estimate of drug-likeness (QED) is 0.176. The highest BCUT2D eigenvalue weighted by atomic mass is 15.2. The van der Waals surface area contributed by atoms with Gasteiger partial charge < -0.3 is 9.80 Å². The normalized spacial score (nSPS) is 24.6. The number of fused-ring (bicyclic) bond motifs is 2. The number of anilines is 3. The highest BCUT2D eigenvalue weighted by Gasteiger charge is 2.51. The second kappa shape index (κ2) is 13.5. The van der Waals surface area contributed by atoms with E-state index in [0.29, 0.717) is 29.7 Å². The molecule has 252 valence electrons. The molecule has 0 saturated carbocycles. The van der Waals surface area contributed by atoms with Gasteiger partial charge in [0.25, 0.3) is 0 Å². The standard InChI is InChI=1S/C47H54N2/c1-32(2)36-23-29-44-43(30-36)46(48(38-14-10-8-11-15-38)39-24-18-34(5)19-25-39)42-28-22-37(33(3)4)31-45(42)47(44,7)49(40-16-12-9-13-17-40)41-26-20-35(6)21-27-41/h8-20,22-26,28-29,31-33,35-36,41,44H,21,27,30H2,1-7H3. The van der Waals surface area contributed by atoms with Crippen molar-refractivity contribution in [2.45, 2.75) is 85.2 Å². The lowest BCUT2D eigenvalue weighted by Crippen LogP contribution is -2.57. The molecule has 4 aromatic rings. The molecule has 0 heterocycles. The van der Waals surface area contributed by atoms with Crippen LogP contribution in [0, 0.1) is 30.6 Å². The molecule has 0 radical (unpaired) electrons. The fourth-order valence-electron chi connectivity index (χ4n) is 8.71. The summed E-state index contributed by atoms with van der Waals surface area (Å²) in [6, 6.07) is 39.2. The minimum atomic E-state index is -0.315. The third kappa shape index (κ3) is 6.09. The van der Waals surface area contributed by atoms with E-state index in [0.717, 1.165) is 12.8 Å². The predicted octanol–water partition coefficient (Wildman–Crippen LogP) is 12.6. The Bertz CT molecular complexity index is 1850. The number of rotatable bonds is 8. The number of allylic oxidation sites excluding steroid dienone is 2. The Kier molecular flexibility index (Phi) is 9.18. The molecule has 2 nitrogen and oxygen atoms in total. The third-order valence-corrected chi connectivity index (χ3v) is 11.6. The molecule has 5 unspecified atom stereocenters. The maximum absolute atomic E-state index is 2.82. The van der Waals surface area contributed by atoms with Gasteiger partial charge in [-0.15, -0.1) is 0 Å². The number of para-hydroxylation sites is 2. The summed E-state index contributed by atoms with van der Waals surface area (Å²) >= 11 is 0. The predicted molar refractivity (Wildman–Crippen MR) is 210 cm³/mol. The van der Waals surface area contributed by atoms with Gasteiger partial charge in [0.15, 0.2) is 0 Å². The van der Waals surface area contributed by atoms with E-state index in [1.807, 2.05) is 0 Å². The second-order valence-electron chi connectivity index (χ2n) is 15.7. The Labute approximate surface area is 295 Å². The lowest BCUT2D eigenvalue weighted by atomic mass is 9.61. The van der Waals surface area contributed by atoms with Gasteiger partial charge in [-0.3, -0.25) is 0 Å². The smallest absolute Gasteiger partial charge is 0.0738 e. The van der Waals surface area contributed by atoms with Crippen LogP contribution in [0.2, 0.25) is 0 Å². The van der Waals surface area contributed by atoms with Crippen LogP contribution in [0.3, 0.4) is 0 Å². The molecule has 0 aliphatic heterocycles. The van der Waals surface area contributed by atoms with Crippen LogP contribution in [0.4, 0.5) is 17.1 Å². The first-order valence-electron chi connectivity index (χ1n) is 18.7. The van der Waals surface area contributed by atoms with E-state index >= 15 is 0 Å². The fraction of sp³-hybridized carbons (Fsp3) is 0.362. The molecular formula is C47H54N2. The molecule has 5 atom stereocenters. The molecule has 0 spiro atoms. The van der Waals surface area contributed by atoms with E-state index < -0.39 is 0 Å². The lowest BCUT2D eigenvalue weighted by Gasteiger charge is -2.56. The van der Waals surface area contributed by atoms with E-state index in [2.05, 4.69) is 186 Å². The van der Waals surface area contributed by atoms with E-state index in [9.17, 15) is 0 Å². The van der Waals surface area contributed by atoms with Crippen molar-refractivity contribution in [3.05, 3.63) is 155 Å². The maximum atomic E-state index is 2.82. The molecule has 7 rings (SSSR count). The molecular weight excluding hydrogens is 593 g/mol. The Morgan fingerprint density at radius 1 is 0.694 bits per heavy atom. The van der Waals surface area contributed by atoms with Crippen LogP contribution in [0.1, 0.15) is 89.0 Å². The topological polar surface area (TPSA) is 6.48 Å². The van der Waals surface area contributed by atoms with Crippen molar-refractivity contribution in [1.29, 1.82) is 0 Å². The summed E-state index contributed by atoms with van der Waals surface area (Å²) in [7, 11) is 0. The van der Waals surface area contributed by atoms with Crippen LogP contribution >= 0.6 is 0 Å². The number of nitrogens with zero attached hydrogens (tertiary/aromatic N) is 2. The summed E-state index contributed by atoms with van der Waals surface area (Å²) < 4.78 is 0. The number of benzene rings is 4. The molecule has 0 amide bonds. The first kappa shape index (κ1) is 33.2. The average molecular weight is 647 g/mol. The van der Waals surface area contributed by atoms with Gasteiger partial charge >= 0.3 is 0 Å². The van der Waals surface area contributed by atoms with Crippen LogP contribution in [0.15, 0.2) is 133 Å². The van der Waals surface area contributed by atoms with Gasteiger partial charge in [0.2, 0.25) is 0 Å². The minimum absolute atomic E-state index is 0.192. The first-order chi connectivity index (χ1) is 23.7. The Morgan fingerprint density at radius 2 is 1.35 bits per heavy atom. The molecule has 0 N–H and O–H groups in total. The van der Waals surface area contributed by atoms with Crippen LogP contribution in [-0.4, -0.2) is 6.04 Å². The zero-order valence-electron chi connectivity index (χ0n) is 30.6. The summed E-state index contributed by atoms with van der Waals surface area (Å²) in [5.41, 5.74) is 11.8. The zero-order valence-corrected chi connectivity index (χ0v) is 30.6. The Hall–Kier alpha value is -4.30. The molecule has 4 aromatic carbocycles. The van der Waals surface area contributed by atoms with Crippen molar-refractivity contribution in [2.75, 3.05) is 9.80 Å². The van der Waals surface area contributed by atoms with Crippen molar-refractivity contribution >= 4 is 22.8 Å². The minimum Gasteiger partial charge on any atom is -0.355 e. The first-order valence-corrected chi connectivity index (χ1v) is 18.7. The van der Waals surface area contributed by atoms with Crippen molar-refractivity contribution < 1.29 is 0 Å². The number of hydrogen-bond donors (Lipinski definition) is 0. The molecule has 49 heavy (non-hydrogen) atoms. The molecule has 0 bridgehead atoms. The van der Waals surface area contributed by atoms with Crippen molar-refractivity contribution in [1.82, 2.24) is 0 Å². The van der Waals surface area contributed by atoms with Gasteiger partial charge in [0.1, 0.15) is 0 Å². The number of aryl methyl sites for hydroxylation is 1. The highest BCUT2D eigenvalue weighted by Crippen LogP contribution is 2.57. The SMILES string of the molecule is Cc1ccc(N(C2=C3CC(C(C)C)C=CC3C(C)(N(c3ccccc3)C3C=CC(C)CC3)c3cc(C(C)C)ccc32)c2ccccc2)cc1. The summed E-state index contributed by atoms with van der Waals surface area (Å²) in [6.07, 6.45) is 13.6. The molecule has 3 aliphatic carbocycles. The second-order valence-corrected chi connectivity index (χ2v) is 15.7. The van der Waals surface area contributed by atoms with Crippen molar-refractivity contribution in [2.24, 2.45) is 23.7 Å². The van der Waals surface area contributed by atoms with Gasteiger partial charge in [-0.05, 0) is 110 Å². The summed E-state index contributed by atoms with van der Waals surface area (Å²) in [6.45, 7) is 16.6. The summed E-state index contributed by atoms with van der Waals surface area (Å²) in [5, 5.41) is 0. The summed E-state index contributed by atoms with van der Waals surface area (Å²) in [5.74, 6) is 2.28. The zero-order chi connectivity index (χ0) is 34.3. The van der Waals surface area contributed by atoms with E-state index in [1.54, 1.807) is 5.57 Å². The molecule has 0 fully saturated rings.